The van der Waals surface area contributed by atoms with Crippen molar-refractivity contribution in [1.82, 2.24) is 0 Å². The first-order valence-electron chi connectivity index (χ1n) is 6.34. The number of hydrogen-bond acceptors (Lipinski definition) is 2. The Labute approximate surface area is 118 Å². The molecule has 0 aromatic heterocycles. The average Bonchev–Trinajstić information content (AvgIpc) is 2.88. The second kappa shape index (κ2) is 5.12. The van der Waals surface area contributed by atoms with Crippen LogP contribution in [0.1, 0.15) is 5.56 Å². The molecule has 0 saturated carbocycles. The van der Waals surface area contributed by atoms with Gasteiger partial charge in [0.25, 0.3) is 0 Å². The van der Waals surface area contributed by atoms with Gasteiger partial charge in [-0.05, 0) is 11.6 Å². The standard InChI is InChI=1S/C15H11F3N2O/c16-10-6-9(7-11(17)14(10)18)19-15(21)13-5-8-3-1-2-4-12(8)20-13/h1-4,6-7,13,20H,5H2,(H,19,21). The summed E-state index contributed by atoms with van der Waals surface area (Å²) in [5.74, 6) is -4.67. The van der Waals surface area contributed by atoms with Gasteiger partial charge in [-0.2, -0.15) is 0 Å². The van der Waals surface area contributed by atoms with E-state index in [1.54, 1.807) is 0 Å². The third-order valence-corrected chi connectivity index (χ3v) is 3.34. The zero-order valence-electron chi connectivity index (χ0n) is 10.8. The Hall–Kier alpha value is -2.50. The van der Waals surface area contributed by atoms with E-state index in [9.17, 15) is 18.0 Å². The van der Waals surface area contributed by atoms with E-state index < -0.39 is 29.4 Å². The molecule has 6 heteroatoms. The predicted octanol–water partition coefficient (Wildman–Crippen LogP) is 3.08. The molecule has 1 amide bonds. The molecule has 0 aliphatic carbocycles. The van der Waals surface area contributed by atoms with Crippen LogP contribution < -0.4 is 10.6 Å². The van der Waals surface area contributed by atoms with Crippen LogP contribution >= 0.6 is 0 Å². The molecule has 108 valence electrons. The second-order valence-electron chi connectivity index (χ2n) is 4.80. The summed E-state index contributed by atoms with van der Waals surface area (Å²) in [5.41, 5.74) is 1.73. The lowest BCUT2D eigenvalue weighted by molar-refractivity contribution is -0.116. The Balaban J connectivity index is 1.74. The van der Waals surface area contributed by atoms with Crippen molar-refractivity contribution in [3.05, 3.63) is 59.4 Å². The minimum absolute atomic E-state index is 0.117. The first-order valence-corrected chi connectivity index (χ1v) is 6.34. The fraction of sp³-hybridized carbons (Fsp3) is 0.133. The summed E-state index contributed by atoms with van der Waals surface area (Å²) < 4.78 is 39.1. The smallest absolute Gasteiger partial charge is 0.247 e. The number of carbonyl (C=O) groups excluding carboxylic acids is 1. The van der Waals surface area contributed by atoms with Gasteiger partial charge < -0.3 is 10.6 Å². The largest absolute Gasteiger partial charge is 0.373 e. The van der Waals surface area contributed by atoms with Crippen molar-refractivity contribution in [1.29, 1.82) is 0 Å². The van der Waals surface area contributed by atoms with Crippen LogP contribution in [0.5, 0.6) is 0 Å². The summed E-state index contributed by atoms with van der Waals surface area (Å²) in [5, 5.41) is 5.40. The molecule has 3 nitrogen and oxygen atoms in total. The van der Waals surface area contributed by atoms with Crippen LogP contribution in [0, 0.1) is 17.5 Å². The fourth-order valence-electron chi connectivity index (χ4n) is 2.31. The van der Waals surface area contributed by atoms with Gasteiger partial charge >= 0.3 is 0 Å². The highest BCUT2D eigenvalue weighted by Crippen LogP contribution is 2.26. The minimum Gasteiger partial charge on any atom is -0.373 e. The van der Waals surface area contributed by atoms with Gasteiger partial charge in [0.2, 0.25) is 5.91 Å². The summed E-state index contributed by atoms with van der Waals surface area (Å²) in [7, 11) is 0. The van der Waals surface area contributed by atoms with E-state index >= 15 is 0 Å². The van der Waals surface area contributed by atoms with Gasteiger partial charge in [0.05, 0.1) is 0 Å². The number of carbonyl (C=O) groups is 1. The molecule has 0 fully saturated rings. The van der Waals surface area contributed by atoms with Gasteiger partial charge in [-0.3, -0.25) is 4.79 Å². The third kappa shape index (κ3) is 2.56. The molecular weight excluding hydrogens is 281 g/mol. The summed E-state index contributed by atoms with van der Waals surface area (Å²) >= 11 is 0. The van der Waals surface area contributed by atoms with E-state index in [1.165, 1.54) is 0 Å². The van der Waals surface area contributed by atoms with Crippen LogP contribution in [0.3, 0.4) is 0 Å². The molecular formula is C15H11F3N2O. The van der Waals surface area contributed by atoms with Crippen LogP contribution in [0.4, 0.5) is 24.5 Å². The molecule has 2 N–H and O–H groups in total. The molecule has 0 saturated heterocycles. The van der Waals surface area contributed by atoms with Gasteiger partial charge in [-0.1, -0.05) is 18.2 Å². The predicted molar refractivity (Wildman–Crippen MR) is 72.5 cm³/mol. The third-order valence-electron chi connectivity index (χ3n) is 3.34. The lowest BCUT2D eigenvalue weighted by atomic mass is 10.1. The molecule has 1 unspecified atom stereocenters. The fourth-order valence-corrected chi connectivity index (χ4v) is 2.31. The number of amides is 1. The maximum absolute atomic E-state index is 13.1. The molecule has 1 heterocycles. The normalized spacial score (nSPS) is 16.2. The van der Waals surface area contributed by atoms with Crippen LogP contribution in [0.25, 0.3) is 0 Å². The van der Waals surface area contributed by atoms with Crippen LogP contribution in [-0.2, 0) is 11.2 Å². The van der Waals surface area contributed by atoms with Crippen molar-refractivity contribution in [2.45, 2.75) is 12.5 Å². The maximum Gasteiger partial charge on any atom is 0.247 e. The number of halogens is 3. The van der Waals surface area contributed by atoms with Crippen molar-refractivity contribution in [2.75, 3.05) is 10.6 Å². The minimum atomic E-state index is -1.56. The van der Waals surface area contributed by atoms with Crippen LogP contribution in [-0.4, -0.2) is 11.9 Å². The van der Waals surface area contributed by atoms with Crippen molar-refractivity contribution in [3.8, 4) is 0 Å². The summed E-state index contributed by atoms with van der Waals surface area (Å²) in [6, 6.07) is 8.42. The lowest BCUT2D eigenvalue weighted by Gasteiger charge is -2.12. The molecule has 0 bridgehead atoms. The monoisotopic (exact) mass is 292 g/mol. The van der Waals surface area contributed by atoms with Crippen molar-refractivity contribution in [3.63, 3.8) is 0 Å². The molecule has 1 aliphatic heterocycles. The topological polar surface area (TPSA) is 41.1 Å². The van der Waals surface area contributed by atoms with Crippen molar-refractivity contribution in [2.24, 2.45) is 0 Å². The Bertz CT molecular complexity index is 670. The Morgan fingerprint density at radius 1 is 1.14 bits per heavy atom. The number of para-hydroxylation sites is 1. The Morgan fingerprint density at radius 3 is 2.48 bits per heavy atom. The zero-order chi connectivity index (χ0) is 15.0. The summed E-state index contributed by atoms with van der Waals surface area (Å²) in [4.78, 5) is 12.1. The molecule has 0 spiro atoms. The number of benzene rings is 2. The van der Waals surface area contributed by atoms with E-state index in [4.69, 9.17) is 0 Å². The van der Waals surface area contributed by atoms with E-state index in [0.717, 1.165) is 23.4 Å². The highest BCUT2D eigenvalue weighted by Gasteiger charge is 2.26. The highest BCUT2D eigenvalue weighted by atomic mass is 19.2. The molecule has 1 aliphatic rings. The van der Waals surface area contributed by atoms with E-state index in [1.807, 2.05) is 24.3 Å². The first kappa shape index (κ1) is 13.5. The summed E-state index contributed by atoms with van der Waals surface area (Å²) in [6.45, 7) is 0. The van der Waals surface area contributed by atoms with Crippen LogP contribution in [0.15, 0.2) is 36.4 Å². The van der Waals surface area contributed by atoms with Gasteiger partial charge in [0.15, 0.2) is 17.5 Å². The number of rotatable bonds is 2. The first-order chi connectivity index (χ1) is 10.0. The van der Waals surface area contributed by atoms with Crippen LogP contribution in [0.2, 0.25) is 0 Å². The second-order valence-corrected chi connectivity index (χ2v) is 4.80. The quantitative estimate of drug-likeness (QED) is 0.835. The Morgan fingerprint density at radius 2 is 1.81 bits per heavy atom. The van der Waals surface area contributed by atoms with E-state index in [2.05, 4.69) is 10.6 Å². The Kier molecular flexibility index (Phi) is 3.29. The summed E-state index contributed by atoms with van der Waals surface area (Å²) in [6.07, 6.45) is 0.480. The maximum atomic E-state index is 13.1. The molecule has 1 atom stereocenters. The van der Waals surface area contributed by atoms with Crippen molar-refractivity contribution >= 4 is 17.3 Å². The molecule has 0 radical (unpaired) electrons. The van der Waals surface area contributed by atoms with Crippen molar-refractivity contribution < 1.29 is 18.0 Å². The molecule has 3 rings (SSSR count). The lowest BCUT2D eigenvalue weighted by Crippen LogP contribution is -2.32. The number of fused-ring (bicyclic) bond motifs is 1. The van der Waals surface area contributed by atoms with Gasteiger partial charge in [0, 0.05) is 29.9 Å². The zero-order valence-corrected chi connectivity index (χ0v) is 10.8. The molecule has 2 aromatic rings. The van der Waals surface area contributed by atoms with Gasteiger partial charge in [-0.25, -0.2) is 13.2 Å². The van der Waals surface area contributed by atoms with E-state index in [0.29, 0.717) is 6.42 Å². The average molecular weight is 292 g/mol. The van der Waals surface area contributed by atoms with E-state index in [-0.39, 0.29) is 5.69 Å². The van der Waals surface area contributed by atoms with Gasteiger partial charge in [-0.15, -0.1) is 0 Å². The highest BCUT2D eigenvalue weighted by molar-refractivity contribution is 5.98. The number of hydrogen-bond donors (Lipinski definition) is 2. The number of anilines is 2. The SMILES string of the molecule is O=C(Nc1cc(F)c(F)c(F)c1)C1Cc2ccccc2N1. The number of nitrogens with one attached hydrogen (secondary N) is 2. The molecule has 2 aromatic carbocycles. The van der Waals surface area contributed by atoms with Gasteiger partial charge in [0.1, 0.15) is 6.04 Å². The molecule has 21 heavy (non-hydrogen) atoms.